The van der Waals surface area contributed by atoms with Crippen molar-refractivity contribution in [3.63, 3.8) is 0 Å². The first-order valence-electron chi connectivity index (χ1n) is 10.1. The highest BCUT2D eigenvalue weighted by Gasteiger charge is 2.37. The summed E-state index contributed by atoms with van der Waals surface area (Å²) in [4.78, 5) is 28.1. The fourth-order valence-electron chi connectivity index (χ4n) is 3.96. The third-order valence-electron chi connectivity index (χ3n) is 5.71. The largest absolute Gasteiger partial charge is 0.363 e. The maximum Gasteiger partial charge on any atom is 0.253 e. The number of rotatable bonds is 5. The zero-order valence-electron chi connectivity index (χ0n) is 17.0. The molecule has 1 saturated heterocycles. The van der Waals surface area contributed by atoms with E-state index in [0.717, 1.165) is 37.6 Å². The summed E-state index contributed by atoms with van der Waals surface area (Å²) in [5.41, 5.74) is 1.22. The maximum absolute atomic E-state index is 12.8. The molecule has 29 heavy (non-hydrogen) atoms. The van der Waals surface area contributed by atoms with Gasteiger partial charge in [0.1, 0.15) is 18.0 Å². The lowest BCUT2D eigenvalue weighted by molar-refractivity contribution is 0.0712. The van der Waals surface area contributed by atoms with E-state index in [2.05, 4.69) is 27.0 Å². The number of aromatic nitrogens is 2. The van der Waals surface area contributed by atoms with Crippen LogP contribution in [-0.4, -0.2) is 60.0 Å². The minimum atomic E-state index is 0.0443. The van der Waals surface area contributed by atoms with Gasteiger partial charge in [-0.1, -0.05) is 0 Å². The highest BCUT2D eigenvalue weighted by molar-refractivity contribution is 5.94. The van der Waals surface area contributed by atoms with Crippen molar-refractivity contribution in [1.29, 1.82) is 5.26 Å². The second-order valence-corrected chi connectivity index (χ2v) is 7.98. The Labute approximate surface area is 171 Å². The van der Waals surface area contributed by atoms with Gasteiger partial charge in [0.25, 0.3) is 5.91 Å². The van der Waals surface area contributed by atoms with E-state index in [4.69, 9.17) is 5.26 Å². The number of hydrogen-bond acceptors (Lipinski definition) is 6. The number of nitrogens with zero attached hydrogens (tertiary/aromatic N) is 6. The first kappa shape index (κ1) is 19.2. The van der Waals surface area contributed by atoms with Gasteiger partial charge in [-0.3, -0.25) is 4.79 Å². The summed E-state index contributed by atoms with van der Waals surface area (Å²) in [5, 5.41) is 8.93. The van der Waals surface area contributed by atoms with Crippen molar-refractivity contribution in [2.75, 3.05) is 37.0 Å². The number of hydrogen-bond donors (Lipinski definition) is 0. The van der Waals surface area contributed by atoms with Gasteiger partial charge in [0.2, 0.25) is 0 Å². The molecule has 7 nitrogen and oxygen atoms in total. The van der Waals surface area contributed by atoms with Crippen LogP contribution >= 0.6 is 0 Å². The fraction of sp³-hybridized carbons (Fsp3) is 0.455. The molecule has 0 radical (unpaired) electrons. The lowest BCUT2D eigenvalue weighted by atomic mass is 10.0. The molecule has 4 rings (SSSR count). The van der Waals surface area contributed by atoms with Crippen LogP contribution in [0.3, 0.4) is 0 Å². The topological polar surface area (TPSA) is 76.4 Å². The molecule has 2 fully saturated rings. The Morgan fingerprint density at radius 3 is 2.24 bits per heavy atom. The monoisotopic (exact) mass is 390 g/mol. The fourth-order valence-corrected chi connectivity index (χ4v) is 3.96. The molecular formula is C22H26N6O. The Balaban J connectivity index is 1.44. The molecule has 0 spiro atoms. The van der Waals surface area contributed by atoms with Crippen molar-refractivity contribution in [1.82, 2.24) is 14.9 Å². The summed E-state index contributed by atoms with van der Waals surface area (Å²) in [7, 11) is 3.97. The average molecular weight is 390 g/mol. The summed E-state index contributed by atoms with van der Waals surface area (Å²) in [5.74, 6) is 1.94. The van der Waals surface area contributed by atoms with Crippen LogP contribution in [0, 0.1) is 11.3 Å². The van der Waals surface area contributed by atoms with E-state index < -0.39 is 0 Å². The van der Waals surface area contributed by atoms with Crippen molar-refractivity contribution < 1.29 is 4.79 Å². The van der Waals surface area contributed by atoms with Crippen LogP contribution in [0.5, 0.6) is 0 Å². The smallest absolute Gasteiger partial charge is 0.253 e. The molecule has 1 aromatic carbocycles. The standard InChI is InChI=1S/C22H26N6O/c1-26(2)20-13-21(25-15-24-20)28(18-7-8-18)19-9-11-27(12-10-19)22(29)17-5-3-16(14-23)4-6-17/h3-6,13,15,18-19H,7-12H2,1-2H3. The molecule has 150 valence electrons. The summed E-state index contributed by atoms with van der Waals surface area (Å²) in [6.07, 6.45) is 5.90. The van der Waals surface area contributed by atoms with Crippen LogP contribution in [0.2, 0.25) is 0 Å². The van der Waals surface area contributed by atoms with Crippen molar-refractivity contribution >= 4 is 17.5 Å². The van der Waals surface area contributed by atoms with Crippen molar-refractivity contribution in [3.8, 4) is 6.07 Å². The zero-order valence-corrected chi connectivity index (χ0v) is 17.0. The van der Waals surface area contributed by atoms with Crippen molar-refractivity contribution in [2.24, 2.45) is 0 Å². The molecule has 1 aromatic heterocycles. The highest BCUT2D eigenvalue weighted by atomic mass is 16.2. The molecule has 2 aliphatic rings. The van der Waals surface area contributed by atoms with Gasteiger partial charge >= 0.3 is 0 Å². The second kappa shape index (κ2) is 8.08. The molecule has 0 atom stereocenters. The molecular weight excluding hydrogens is 364 g/mol. The Bertz CT molecular complexity index is 908. The number of nitriles is 1. The van der Waals surface area contributed by atoms with Gasteiger partial charge in [0.15, 0.2) is 0 Å². The lowest BCUT2D eigenvalue weighted by Gasteiger charge is -2.39. The average Bonchev–Trinajstić information content (AvgIpc) is 3.59. The van der Waals surface area contributed by atoms with Crippen molar-refractivity contribution in [2.45, 2.75) is 37.8 Å². The van der Waals surface area contributed by atoms with E-state index in [1.165, 1.54) is 12.8 Å². The molecule has 2 heterocycles. The summed E-state index contributed by atoms with van der Waals surface area (Å²) < 4.78 is 0. The molecule has 1 aliphatic heterocycles. The molecule has 1 aliphatic carbocycles. The molecule has 0 bridgehead atoms. The summed E-state index contributed by atoms with van der Waals surface area (Å²) >= 11 is 0. The molecule has 2 aromatic rings. The van der Waals surface area contributed by atoms with Gasteiger partial charge in [-0.2, -0.15) is 5.26 Å². The first-order chi connectivity index (χ1) is 14.1. The van der Waals surface area contributed by atoms with Crippen LogP contribution in [0.25, 0.3) is 0 Å². The number of amides is 1. The first-order valence-corrected chi connectivity index (χ1v) is 10.1. The third kappa shape index (κ3) is 4.16. The van der Waals surface area contributed by atoms with E-state index in [0.29, 0.717) is 23.2 Å². The number of anilines is 2. The number of carbonyl (C=O) groups is 1. The van der Waals surface area contributed by atoms with Crippen LogP contribution < -0.4 is 9.80 Å². The highest BCUT2D eigenvalue weighted by Crippen LogP contribution is 2.36. The minimum Gasteiger partial charge on any atom is -0.363 e. The summed E-state index contributed by atoms with van der Waals surface area (Å²) in [6, 6.07) is 12.0. The van der Waals surface area contributed by atoms with Gasteiger partial charge in [0, 0.05) is 50.9 Å². The second-order valence-electron chi connectivity index (χ2n) is 7.98. The SMILES string of the molecule is CN(C)c1cc(N(C2CC2)C2CCN(C(=O)c3ccc(C#N)cc3)CC2)ncn1. The number of benzene rings is 1. The summed E-state index contributed by atoms with van der Waals surface area (Å²) in [6.45, 7) is 1.47. The van der Waals surface area contributed by atoms with Gasteiger partial charge in [-0.25, -0.2) is 9.97 Å². The van der Waals surface area contributed by atoms with Gasteiger partial charge in [-0.15, -0.1) is 0 Å². The molecule has 7 heteroatoms. The molecule has 0 unspecified atom stereocenters. The normalized spacial score (nSPS) is 16.9. The van der Waals surface area contributed by atoms with Crippen LogP contribution in [-0.2, 0) is 0 Å². The number of carbonyl (C=O) groups excluding carboxylic acids is 1. The lowest BCUT2D eigenvalue weighted by Crippen LogP contribution is -2.48. The Kier molecular flexibility index (Phi) is 5.34. The maximum atomic E-state index is 12.8. The predicted octanol–water partition coefficient (Wildman–Crippen LogP) is 2.69. The van der Waals surface area contributed by atoms with Crippen LogP contribution in [0.4, 0.5) is 11.6 Å². The molecule has 1 saturated carbocycles. The van der Waals surface area contributed by atoms with Gasteiger partial charge in [0.05, 0.1) is 11.6 Å². The Morgan fingerprint density at radius 1 is 1.03 bits per heavy atom. The predicted molar refractivity (Wildman–Crippen MR) is 112 cm³/mol. The van der Waals surface area contributed by atoms with E-state index >= 15 is 0 Å². The van der Waals surface area contributed by atoms with Gasteiger partial charge in [-0.05, 0) is 49.9 Å². The Morgan fingerprint density at radius 2 is 1.66 bits per heavy atom. The van der Waals surface area contributed by atoms with Crippen LogP contribution in [0.1, 0.15) is 41.6 Å². The van der Waals surface area contributed by atoms with Gasteiger partial charge < -0.3 is 14.7 Å². The van der Waals surface area contributed by atoms with E-state index in [1.54, 1.807) is 30.6 Å². The van der Waals surface area contributed by atoms with E-state index in [9.17, 15) is 4.79 Å². The van der Waals surface area contributed by atoms with E-state index in [-0.39, 0.29) is 5.91 Å². The number of likely N-dealkylation sites (tertiary alicyclic amines) is 1. The third-order valence-corrected chi connectivity index (χ3v) is 5.71. The molecule has 1 amide bonds. The number of piperidine rings is 1. The van der Waals surface area contributed by atoms with Crippen LogP contribution in [0.15, 0.2) is 36.7 Å². The zero-order chi connectivity index (χ0) is 20.4. The molecule has 0 N–H and O–H groups in total. The quantitative estimate of drug-likeness (QED) is 0.781. The van der Waals surface area contributed by atoms with E-state index in [1.807, 2.05) is 23.9 Å². The van der Waals surface area contributed by atoms with Crippen molar-refractivity contribution in [3.05, 3.63) is 47.8 Å². The Hall–Kier alpha value is -3.14. The minimum absolute atomic E-state index is 0.0443.